The first-order valence-electron chi connectivity index (χ1n) is 8.96. The molecule has 29 heavy (non-hydrogen) atoms. The fourth-order valence-corrected chi connectivity index (χ4v) is 4.50. The van der Waals surface area contributed by atoms with Gasteiger partial charge in [-0.1, -0.05) is 40.2 Å². The van der Waals surface area contributed by atoms with Gasteiger partial charge >= 0.3 is 5.63 Å². The summed E-state index contributed by atoms with van der Waals surface area (Å²) in [5, 5.41) is 4.41. The van der Waals surface area contributed by atoms with Gasteiger partial charge in [-0.2, -0.15) is 0 Å². The first kappa shape index (κ1) is 19.5. The van der Waals surface area contributed by atoms with Crippen LogP contribution in [0.15, 0.2) is 62.2 Å². The van der Waals surface area contributed by atoms with E-state index < -0.39 is 11.5 Å². The van der Waals surface area contributed by atoms with E-state index in [0.717, 1.165) is 31.2 Å². The molecule has 0 bridgehead atoms. The molecule has 7 heteroatoms. The number of aryl methyl sites for hydroxylation is 2. The Balaban J connectivity index is 1.56. The lowest BCUT2D eigenvalue weighted by molar-refractivity contribution is 0.0947. The summed E-state index contributed by atoms with van der Waals surface area (Å²) >= 11 is 4.92. The van der Waals surface area contributed by atoms with E-state index in [1.807, 2.05) is 38.1 Å². The fourth-order valence-electron chi connectivity index (χ4n) is 3.03. The van der Waals surface area contributed by atoms with Crippen molar-refractivity contribution in [3.8, 4) is 10.6 Å². The Morgan fingerprint density at radius 2 is 1.97 bits per heavy atom. The quantitative estimate of drug-likeness (QED) is 0.416. The average Bonchev–Trinajstić information content (AvgIpc) is 3.06. The van der Waals surface area contributed by atoms with E-state index in [4.69, 9.17) is 4.42 Å². The van der Waals surface area contributed by atoms with E-state index in [1.165, 1.54) is 11.3 Å². The second kappa shape index (κ2) is 7.93. The van der Waals surface area contributed by atoms with Gasteiger partial charge in [0.2, 0.25) is 0 Å². The first-order chi connectivity index (χ1) is 13.9. The summed E-state index contributed by atoms with van der Waals surface area (Å²) in [6.45, 7) is 4.26. The predicted octanol–water partition coefficient (Wildman–Crippen LogP) is 5.23. The number of carbonyl (C=O) groups is 1. The van der Waals surface area contributed by atoms with Crippen LogP contribution in [0.2, 0.25) is 0 Å². The molecule has 0 aliphatic rings. The topological polar surface area (TPSA) is 72.2 Å². The molecule has 0 saturated heterocycles. The van der Waals surface area contributed by atoms with Crippen molar-refractivity contribution in [2.45, 2.75) is 20.4 Å². The molecule has 0 spiro atoms. The number of hydrogen-bond donors (Lipinski definition) is 1. The van der Waals surface area contributed by atoms with Crippen molar-refractivity contribution in [1.29, 1.82) is 0 Å². The molecule has 0 fully saturated rings. The summed E-state index contributed by atoms with van der Waals surface area (Å²) < 4.78 is 6.11. The van der Waals surface area contributed by atoms with Crippen LogP contribution < -0.4 is 10.9 Å². The van der Waals surface area contributed by atoms with Crippen molar-refractivity contribution in [3.63, 3.8) is 0 Å². The number of nitrogens with one attached hydrogen (secondary N) is 1. The number of fused-ring (bicyclic) bond motifs is 1. The molecule has 0 unspecified atom stereocenters. The normalized spacial score (nSPS) is 11.0. The van der Waals surface area contributed by atoms with Gasteiger partial charge in [0, 0.05) is 20.3 Å². The third-order valence-electron chi connectivity index (χ3n) is 4.62. The minimum Gasteiger partial charge on any atom is -0.422 e. The van der Waals surface area contributed by atoms with Crippen molar-refractivity contribution < 1.29 is 9.21 Å². The smallest absolute Gasteiger partial charge is 0.349 e. The SMILES string of the molecule is Cc1ccccc1-c1nc(C)c(CNC(=O)c2cc3cc(Br)ccc3oc2=O)s1. The highest BCUT2D eigenvalue weighted by Crippen LogP contribution is 2.30. The first-order valence-corrected chi connectivity index (χ1v) is 10.6. The van der Waals surface area contributed by atoms with Gasteiger partial charge in [0.15, 0.2) is 0 Å². The van der Waals surface area contributed by atoms with Crippen molar-refractivity contribution in [2.75, 3.05) is 0 Å². The molecule has 0 atom stereocenters. The van der Waals surface area contributed by atoms with Crippen LogP contribution in [0.25, 0.3) is 21.5 Å². The van der Waals surface area contributed by atoms with Crippen molar-refractivity contribution in [3.05, 3.63) is 85.1 Å². The number of nitrogens with zero attached hydrogens (tertiary/aromatic N) is 1. The Morgan fingerprint density at radius 3 is 2.76 bits per heavy atom. The van der Waals surface area contributed by atoms with Crippen LogP contribution in [0.5, 0.6) is 0 Å². The zero-order valence-electron chi connectivity index (χ0n) is 15.8. The molecule has 0 aliphatic heterocycles. The molecule has 0 saturated carbocycles. The molecule has 2 aromatic carbocycles. The molecular formula is C22H17BrN2O3S. The Bertz CT molecular complexity index is 1290. The van der Waals surface area contributed by atoms with Crippen LogP contribution in [0.3, 0.4) is 0 Å². The molecule has 4 aromatic rings. The number of hydrogen-bond acceptors (Lipinski definition) is 5. The molecule has 2 heterocycles. The summed E-state index contributed by atoms with van der Waals surface area (Å²) in [6.07, 6.45) is 0. The van der Waals surface area contributed by atoms with Gasteiger partial charge in [-0.05, 0) is 43.7 Å². The van der Waals surface area contributed by atoms with Crippen LogP contribution in [0.4, 0.5) is 0 Å². The van der Waals surface area contributed by atoms with E-state index >= 15 is 0 Å². The van der Waals surface area contributed by atoms with E-state index in [2.05, 4.69) is 26.2 Å². The van der Waals surface area contributed by atoms with E-state index in [-0.39, 0.29) is 5.56 Å². The number of benzene rings is 2. The van der Waals surface area contributed by atoms with Crippen molar-refractivity contribution in [2.24, 2.45) is 0 Å². The maximum Gasteiger partial charge on any atom is 0.349 e. The minimum atomic E-state index is -0.654. The second-order valence-corrected chi connectivity index (χ2v) is 8.65. The summed E-state index contributed by atoms with van der Waals surface area (Å²) in [5.74, 6) is -0.467. The fraction of sp³-hybridized carbons (Fsp3) is 0.136. The lowest BCUT2D eigenvalue weighted by Gasteiger charge is -2.05. The van der Waals surface area contributed by atoms with Gasteiger partial charge in [-0.25, -0.2) is 9.78 Å². The maximum absolute atomic E-state index is 12.6. The third kappa shape index (κ3) is 4.02. The summed E-state index contributed by atoms with van der Waals surface area (Å²) in [5.41, 5.74) is 2.87. The molecule has 1 amide bonds. The number of aromatic nitrogens is 1. The highest BCUT2D eigenvalue weighted by molar-refractivity contribution is 9.10. The Morgan fingerprint density at radius 1 is 1.17 bits per heavy atom. The standard InChI is InChI=1S/C22H17BrN2O3S/c1-12-5-3-4-6-16(12)21-25-13(2)19(29-21)11-24-20(26)17-10-14-9-15(23)7-8-18(14)28-22(17)27/h3-10H,11H2,1-2H3,(H,24,26). The van der Waals surface area contributed by atoms with E-state index in [9.17, 15) is 9.59 Å². The third-order valence-corrected chi connectivity index (χ3v) is 6.30. The highest BCUT2D eigenvalue weighted by atomic mass is 79.9. The number of rotatable bonds is 4. The number of thiazole rings is 1. The van der Waals surface area contributed by atoms with Crippen LogP contribution >= 0.6 is 27.3 Å². The van der Waals surface area contributed by atoms with Crippen LogP contribution in [-0.2, 0) is 6.54 Å². The van der Waals surface area contributed by atoms with Crippen LogP contribution in [0, 0.1) is 13.8 Å². The van der Waals surface area contributed by atoms with Gasteiger partial charge in [-0.15, -0.1) is 11.3 Å². The number of carbonyl (C=O) groups excluding carboxylic acids is 1. The Kier molecular flexibility index (Phi) is 5.34. The van der Waals surface area contributed by atoms with E-state index in [1.54, 1.807) is 24.3 Å². The van der Waals surface area contributed by atoms with Crippen molar-refractivity contribution in [1.82, 2.24) is 10.3 Å². The zero-order chi connectivity index (χ0) is 20.5. The molecule has 2 aromatic heterocycles. The molecule has 5 nitrogen and oxygen atoms in total. The lowest BCUT2D eigenvalue weighted by atomic mass is 10.1. The van der Waals surface area contributed by atoms with Crippen LogP contribution in [0.1, 0.15) is 26.5 Å². The summed E-state index contributed by atoms with van der Waals surface area (Å²) in [7, 11) is 0. The molecule has 146 valence electrons. The van der Waals surface area contributed by atoms with Gasteiger partial charge < -0.3 is 9.73 Å². The largest absolute Gasteiger partial charge is 0.422 e. The zero-order valence-corrected chi connectivity index (χ0v) is 18.2. The molecule has 0 radical (unpaired) electrons. The highest BCUT2D eigenvalue weighted by Gasteiger charge is 2.16. The minimum absolute atomic E-state index is 0.0168. The van der Waals surface area contributed by atoms with Gasteiger partial charge in [0.1, 0.15) is 16.2 Å². The van der Waals surface area contributed by atoms with Gasteiger partial charge in [0.25, 0.3) is 5.91 Å². The van der Waals surface area contributed by atoms with Crippen molar-refractivity contribution >= 4 is 44.1 Å². The molecule has 1 N–H and O–H groups in total. The lowest BCUT2D eigenvalue weighted by Crippen LogP contribution is -2.27. The Hall–Kier alpha value is -2.77. The summed E-state index contributed by atoms with van der Waals surface area (Å²) in [4.78, 5) is 30.4. The number of amides is 1. The molecule has 0 aliphatic carbocycles. The average molecular weight is 469 g/mol. The van der Waals surface area contributed by atoms with Crippen LogP contribution in [-0.4, -0.2) is 10.9 Å². The van der Waals surface area contributed by atoms with E-state index in [0.29, 0.717) is 17.5 Å². The Labute approximate surface area is 179 Å². The molecule has 4 rings (SSSR count). The monoisotopic (exact) mass is 468 g/mol. The summed E-state index contributed by atoms with van der Waals surface area (Å²) in [6, 6.07) is 14.9. The number of halogens is 1. The van der Waals surface area contributed by atoms with Gasteiger partial charge in [-0.3, -0.25) is 4.79 Å². The maximum atomic E-state index is 12.6. The second-order valence-electron chi connectivity index (χ2n) is 6.65. The molecular weight excluding hydrogens is 452 g/mol. The van der Waals surface area contributed by atoms with Gasteiger partial charge in [0.05, 0.1) is 12.2 Å². The predicted molar refractivity (Wildman–Crippen MR) is 118 cm³/mol.